The molecule has 1 aromatic carbocycles. The first-order valence-electron chi connectivity index (χ1n) is 8.41. The van der Waals surface area contributed by atoms with Gasteiger partial charge < -0.3 is 10.0 Å². The molecule has 118 valence electrons. The Balaban J connectivity index is 1.95. The van der Waals surface area contributed by atoms with Gasteiger partial charge in [0.25, 0.3) is 0 Å². The Hall–Kier alpha value is -0.860. The second kappa shape index (κ2) is 6.93. The van der Waals surface area contributed by atoms with Gasteiger partial charge >= 0.3 is 0 Å². The molecule has 0 aromatic heterocycles. The van der Waals surface area contributed by atoms with Crippen LogP contribution in [0.2, 0.25) is 0 Å². The maximum absolute atomic E-state index is 10.5. The fourth-order valence-corrected chi connectivity index (χ4v) is 2.79. The van der Waals surface area contributed by atoms with E-state index in [-0.39, 0.29) is 11.5 Å². The molecule has 0 amide bonds. The van der Waals surface area contributed by atoms with Crippen LogP contribution in [0, 0.1) is 5.92 Å². The van der Waals surface area contributed by atoms with Crippen molar-refractivity contribution >= 4 is 0 Å². The van der Waals surface area contributed by atoms with Crippen LogP contribution in [-0.4, -0.2) is 29.6 Å². The highest BCUT2D eigenvalue weighted by Crippen LogP contribution is 2.30. The van der Waals surface area contributed by atoms with E-state index in [1.165, 1.54) is 18.4 Å². The fourth-order valence-electron chi connectivity index (χ4n) is 2.79. The Labute approximate surface area is 130 Å². The van der Waals surface area contributed by atoms with Crippen molar-refractivity contribution in [2.24, 2.45) is 5.92 Å². The number of nitrogens with zero attached hydrogens (tertiary/aromatic N) is 1. The average molecular weight is 289 g/mol. The number of hydrogen-bond acceptors (Lipinski definition) is 2. The van der Waals surface area contributed by atoms with Crippen LogP contribution in [0.15, 0.2) is 24.3 Å². The predicted molar refractivity (Wildman–Crippen MR) is 89.6 cm³/mol. The zero-order chi connectivity index (χ0) is 15.5. The second-order valence-corrected chi connectivity index (χ2v) is 7.59. The minimum atomic E-state index is -0.371. The molecule has 1 atom stereocenters. The van der Waals surface area contributed by atoms with E-state index in [0.717, 1.165) is 37.5 Å². The molecule has 1 fully saturated rings. The molecule has 1 aromatic rings. The molecule has 0 spiro atoms. The number of benzene rings is 1. The quantitative estimate of drug-likeness (QED) is 0.815. The predicted octanol–water partition coefficient (Wildman–Crippen LogP) is 4.14. The van der Waals surface area contributed by atoms with Gasteiger partial charge in [-0.2, -0.15) is 0 Å². The summed E-state index contributed by atoms with van der Waals surface area (Å²) in [5, 5.41) is 10.5. The van der Waals surface area contributed by atoms with Gasteiger partial charge in [0.1, 0.15) is 0 Å². The van der Waals surface area contributed by atoms with E-state index in [2.05, 4.69) is 56.9 Å². The van der Waals surface area contributed by atoms with Crippen LogP contribution in [-0.2, 0) is 5.41 Å². The van der Waals surface area contributed by atoms with E-state index in [1.807, 2.05) is 0 Å². The highest BCUT2D eigenvalue weighted by molar-refractivity contribution is 5.28. The van der Waals surface area contributed by atoms with Crippen molar-refractivity contribution in [1.82, 2.24) is 4.90 Å². The highest BCUT2D eigenvalue weighted by atomic mass is 16.3. The maximum atomic E-state index is 10.5. The Bertz CT molecular complexity index is 428. The molecule has 2 rings (SSSR count). The van der Waals surface area contributed by atoms with E-state index in [1.54, 1.807) is 0 Å². The summed E-state index contributed by atoms with van der Waals surface area (Å²) in [5.41, 5.74) is 2.53. The van der Waals surface area contributed by atoms with Crippen molar-refractivity contribution in [2.75, 3.05) is 19.6 Å². The zero-order valence-corrected chi connectivity index (χ0v) is 14.1. The molecule has 1 aliphatic carbocycles. The second-order valence-electron chi connectivity index (χ2n) is 7.59. The first kappa shape index (κ1) is 16.5. The molecular weight excluding hydrogens is 258 g/mol. The first-order valence-corrected chi connectivity index (χ1v) is 8.41. The molecule has 1 saturated carbocycles. The average Bonchev–Trinajstić information content (AvgIpc) is 3.22. The van der Waals surface area contributed by atoms with E-state index in [4.69, 9.17) is 0 Å². The molecule has 2 nitrogen and oxygen atoms in total. The largest absolute Gasteiger partial charge is 0.387 e. The summed E-state index contributed by atoms with van der Waals surface area (Å²) in [4.78, 5) is 2.43. The summed E-state index contributed by atoms with van der Waals surface area (Å²) >= 11 is 0. The van der Waals surface area contributed by atoms with Gasteiger partial charge in [-0.15, -0.1) is 0 Å². The van der Waals surface area contributed by atoms with Crippen LogP contribution in [0.4, 0.5) is 0 Å². The number of rotatable bonds is 7. The van der Waals surface area contributed by atoms with Gasteiger partial charge in [-0.1, -0.05) is 52.0 Å². The summed E-state index contributed by atoms with van der Waals surface area (Å²) in [6, 6.07) is 8.49. The van der Waals surface area contributed by atoms with Gasteiger partial charge in [0.2, 0.25) is 0 Å². The van der Waals surface area contributed by atoms with Crippen LogP contribution in [0.25, 0.3) is 0 Å². The van der Waals surface area contributed by atoms with Crippen molar-refractivity contribution < 1.29 is 5.11 Å². The molecule has 2 heteroatoms. The van der Waals surface area contributed by atoms with Crippen molar-refractivity contribution in [3.8, 4) is 0 Å². The number of aliphatic hydroxyl groups is 1. The maximum Gasteiger partial charge on any atom is 0.0916 e. The molecule has 0 saturated heterocycles. The third-order valence-corrected chi connectivity index (χ3v) is 4.35. The fraction of sp³-hybridized carbons (Fsp3) is 0.684. The van der Waals surface area contributed by atoms with Crippen LogP contribution >= 0.6 is 0 Å². The third kappa shape index (κ3) is 5.12. The van der Waals surface area contributed by atoms with Crippen molar-refractivity contribution in [1.29, 1.82) is 0 Å². The summed E-state index contributed by atoms with van der Waals surface area (Å²) in [6.07, 6.45) is 3.53. The van der Waals surface area contributed by atoms with Crippen LogP contribution in [0.1, 0.15) is 64.2 Å². The molecule has 0 aliphatic heterocycles. The van der Waals surface area contributed by atoms with E-state index < -0.39 is 0 Å². The van der Waals surface area contributed by atoms with Gasteiger partial charge in [0.15, 0.2) is 0 Å². The monoisotopic (exact) mass is 289 g/mol. The number of hydrogen-bond donors (Lipinski definition) is 1. The van der Waals surface area contributed by atoms with Crippen molar-refractivity contribution in [3.63, 3.8) is 0 Å². The molecule has 0 radical (unpaired) electrons. The first-order chi connectivity index (χ1) is 9.90. The van der Waals surface area contributed by atoms with Crippen LogP contribution in [0.3, 0.4) is 0 Å². The minimum Gasteiger partial charge on any atom is -0.387 e. The Kier molecular flexibility index (Phi) is 5.45. The molecule has 1 unspecified atom stereocenters. The van der Waals surface area contributed by atoms with Gasteiger partial charge in [0.05, 0.1) is 6.10 Å². The summed E-state index contributed by atoms with van der Waals surface area (Å²) in [7, 11) is 0. The van der Waals surface area contributed by atoms with Crippen LogP contribution < -0.4 is 0 Å². The third-order valence-electron chi connectivity index (χ3n) is 4.35. The van der Waals surface area contributed by atoms with Crippen LogP contribution in [0.5, 0.6) is 0 Å². The Morgan fingerprint density at radius 1 is 1.19 bits per heavy atom. The topological polar surface area (TPSA) is 23.5 Å². The Morgan fingerprint density at radius 2 is 1.81 bits per heavy atom. The Morgan fingerprint density at radius 3 is 2.29 bits per heavy atom. The van der Waals surface area contributed by atoms with Gasteiger partial charge in [-0.05, 0) is 48.3 Å². The van der Waals surface area contributed by atoms with E-state index >= 15 is 0 Å². The molecule has 21 heavy (non-hydrogen) atoms. The normalized spacial score (nSPS) is 17.2. The lowest BCUT2D eigenvalue weighted by molar-refractivity contribution is 0.110. The smallest absolute Gasteiger partial charge is 0.0916 e. The molecule has 0 bridgehead atoms. The number of aliphatic hydroxyl groups excluding tert-OH is 1. The van der Waals surface area contributed by atoms with E-state index in [0.29, 0.717) is 0 Å². The lowest BCUT2D eigenvalue weighted by atomic mass is 9.86. The lowest BCUT2D eigenvalue weighted by Gasteiger charge is -2.25. The molecular formula is C19H31NO. The summed E-state index contributed by atoms with van der Waals surface area (Å²) < 4.78 is 0. The molecule has 1 aliphatic rings. The zero-order valence-electron chi connectivity index (χ0n) is 14.1. The minimum absolute atomic E-state index is 0.170. The van der Waals surface area contributed by atoms with Gasteiger partial charge in [0, 0.05) is 13.1 Å². The van der Waals surface area contributed by atoms with Gasteiger partial charge in [-0.25, -0.2) is 0 Å². The lowest BCUT2D eigenvalue weighted by Crippen LogP contribution is -2.31. The van der Waals surface area contributed by atoms with Crippen molar-refractivity contribution in [2.45, 2.75) is 58.5 Å². The SMILES string of the molecule is CCCN(CC1CC1)CC(O)c1ccc(C(C)(C)C)cc1. The highest BCUT2D eigenvalue weighted by Gasteiger charge is 2.25. The van der Waals surface area contributed by atoms with E-state index in [9.17, 15) is 5.11 Å². The van der Waals surface area contributed by atoms with Crippen molar-refractivity contribution in [3.05, 3.63) is 35.4 Å². The summed E-state index contributed by atoms with van der Waals surface area (Å²) in [6.45, 7) is 11.9. The van der Waals surface area contributed by atoms with Gasteiger partial charge in [-0.3, -0.25) is 0 Å². The summed E-state index contributed by atoms with van der Waals surface area (Å²) in [5.74, 6) is 0.881. The standard InChI is InChI=1S/C19H31NO/c1-5-12-20(13-15-6-7-15)14-18(21)16-8-10-17(11-9-16)19(2,3)4/h8-11,15,18,21H,5-7,12-14H2,1-4H3. The molecule has 0 heterocycles. The molecule has 1 N–H and O–H groups in total.